The van der Waals surface area contributed by atoms with E-state index in [1.54, 1.807) is 36.4 Å². The number of rotatable bonds is 5. The van der Waals surface area contributed by atoms with Gasteiger partial charge in [-0.3, -0.25) is 9.59 Å². The van der Waals surface area contributed by atoms with Crippen LogP contribution in [0.15, 0.2) is 47.4 Å². The van der Waals surface area contributed by atoms with Crippen molar-refractivity contribution in [2.45, 2.75) is 17.9 Å². The zero-order chi connectivity index (χ0) is 19.4. The number of halogens is 1. The number of carbonyl (C=O) groups excluding carboxylic acids is 3. The van der Waals surface area contributed by atoms with Crippen molar-refractivity contribution < 1.29 is 19.1 Å². The number of esters is 1. The number of thioether (sulfide) groups is 1. The maximum absolute atomic E-state index is 12.2. The molecule has 0 saturated heterocycles. The van der Waals surface area contributed by atoms with E-state index in [4.69, 9.17) is 16.3 Å². The summed E-state index contributed by atoms with van der Waals surface area (Å²) >= 11 is 7.35. The van der Waals surface area contributed by atoms with E-state index in [2.05, 4.69) is 10.6 Å². The highest BCUT2D eigenvalue weighted by atomic mass is 35.5. The van der Waals surface area contributed by atoms with Gasteiger partial charge in [-0.05, 0) is 42.8 Å². The molecule has 2 amide bonds. The average molecular weight is 405 g/mol. The minimum absolute atomic E-state index is 0.118. The maximum atomic E-state index is 12.2. The van der Waals surface area contributed by atoms with Crippen LogP contribution in [0.3, 0.4) is 0 Å². The number of carbonyl (C=O) groups is 3. The lowest BCUT2D eigenvalue weighted by atomic mass is 10.1. The van der Waals surface area contributed by atoms with Gasteiger partial charge in [0.25, 0.3) is 5.91 Å². The molecule has 0 radical (unpaired) electrons. The Balaban J connectivity index is 1.55. The van der Waals surface area contributed by atoms with Gasteiger partial charge in [-0.15, -0.1) is 11.8 Å². The van der Waals surface area contributed by atoms with E-state index in [9.17, 15) is 14.4 Å². The van der Waals surface area contributed by atoms with Gasteiger partial charge in [-0.2, -0.15) is 0 Å². The van der Waals surface area contributed by atoms with Crippen molar-refractivity contribution in [1.82, 2.24) is 5.32 Å². The summed E-state index contributed by atoms with van der Waals surface area (Å²) in [5.74, 6) is -0.819. The third-order valence-corrected chi connectivity index (χ3v) is 5.22. The third-order valence-electron chi connectivity index (χ3n) is 3.91. The summed E-state index contributed by atoms with van der Waals surface area (Å²) in [7, 11) is 0. The summed E-state index contributed by atoms with van der Waals surface area (Å²) in [5, 5.41) is 6.04. The largest absolute Gasteiger partial charge is 0.452 e. The van der Waals surface area contributed by atoms with Crippen LogP contribution in [-0.2, 0) is 14.3 Å². The molecule has 0 bridgehead atoms. The highest BCUT2D eigenvalue weighted by Gasteiger charge is 2.19. The lowest BCUT2D eigenvalue weighted by Gasteiger charge is -2.17. The summed E-state index contributed by atoms with van der Waals surface area (Å²) in [6, 6.07) is 11.8. The van der Waals surface area contributed by atoms with E-state index in [1.807, 2.05) is 13.0 Å². The van der Waals surface area contributed by atoms with E-state index in [1.165, 1.54) is 11.8 Å². The van der Waals surface area contributed by atoms with Crippen molar-refractivity contribution >= 4 is 46.8 Å². The Bertz CT molecular complexity index is 903. The van der Waals surface area contributed by atoms with E-state index < -0.39 is 18.5 Å². The van der Waals surface area contributed by atoms with E-state index in [0.29, 0.717) is 16.5 Å². The van der Waals surface area contributed by atoms with Gasteiger partial charge in [0.05, 0.1) is 23.0 Å². The highest BCUT2D eigenvalue weighted by Crippen LogP contribution is 2.32. The number of amides is 2. The second kappa shape index (κ2) is 8.45. The quantitative estimate of drug-likeness (QED) is 0.746. The molecule has 1 aliphatic heterocycles. The number of hydrogen-bond donors (Lipinski definition) is 2. The Morgan fingerprint density at radius 1 is 1.30 bits per heavy atom. The second-order valence-electron chi connectivity index (χ2n) is 5.97. The molecule has 0 aromatic heterocycles. The summed E-state index contributed by atoms with van der Waals surface area (Å²) in [6.45, 7) is 1.41. The van der Waals surface area contributed by atoms with Gasteiger partial charge >= 0.3 is 5.97 Å². The molecule has 0 fully saturated rings. The molecule has 0 unspecified atom stereocenters. The summed E-state index contributed by atoms with van der Waals surface area (Å²) in [5.41, 5.74) is 1.70. The minimum Gasteiger partial charge on any atom is -0.452 e. The molecule has 6 nitrogen and oxygen atoms in total. The number of nitrogens with one attached hydrogen (secondary N) is 2. The topological polar surface area (TPSA) is 84.5 Å². The predicted molar refractivity (Wildman–Crippen MR) is 104 cm³/mol. The monoisotopic (exact) mass is 404 g/mol. The fourth-order valence-corrected chi connectivity index (χ4v) is 3.55. The Labute approximate surface area is 165 Å². The average Bonchev–Trinajstić information content (AvgIpc) is 2.65. The SMILES string of the molecule is C[C@H](NC(=O)COC(=O)c1ccc2c(c1)NC(=O)CS2)c1cccc(Cl)c1. The smallest absolute Gasteiger partial charge is 0.338 e. The van der Waals surface area contributed by atoms with Gasteiger partial charge < -0.3 is 15.4 Å². The normalized spacial score (nSPS) is 13.9. The molecule has 140 valence electrons. The standard InChI is InChI=1S/C19H17ClN2O4S/c1-11(12-3-2-4-14(20)7-12)21-17(23)9-26-19(25)13-5-6-16-15(8-13)22-18(24)10-27-16/h2-8,11H,9-10H2,1H3,(H,21,23)(H,22,24)/t11-/m0/s1. The van der Waals surface area contributed by atoms with Crippen LogP contribution in [-0.4, -0.2) is 30.1 Å². The van der Waals surface area contributed by atoms with Crippen molar-refractivity contribution in [3.63, 3.8) is 0 Å². The molecule has 0 spiro atoms. The van der Waals surface area contributed by atoms with Gasteiger partial charge in [0.2, 0.25) is 5.91 Å². The fraction of sp³-hybridized carbons (Fsp3) is 0.211. The first kappa shape index (κ1) is 19.3. The molecule has 1 atom stereocenters. The van der Waals surface area contributed by atoms with E-state index in [-0.39, 0.29) is 17.5 Å². The first-order chi connectivity index (χ1) is 12.9. The fourth-order valence-electron chi connectivity index (χ4n) is 2.57. The van der Waals surface area contributed by atoms with Gasteiger partial charge in [0.15, 0.2) is 6.61 Å². The van der Waals surface area contributed by atoms with Crippen molar-refractivity contribution in [2.24, 2.45) is 0 Å². The van der Waals surface area contributed by atoms with E-state index >= 15 is 0 Å². The van der Waals surface area contributed by atoms with Crippen LogP contribution < -0.4 is 10.6 Å². The molecule has 27 heavy (non-hydrogen) atoms. The lowest BCUT2D eigenvalue weighted by molar-refractivity contribution is -0.124. The molecule has 1 aliphatic rings. The summed E-state index contributed by atoms with van der Waals surface area (Å²) in [4.78, 5) is 36.6. The Morgan fingerprint density at radius 3 is 2.89 bits per heavy atom. The van der Waals surface area contributed by atoms with Gasteiger partial charge in [0, 0.05) is 9.92 Å². The predicted octanol–water partition coefficient (Wildman–Crippen LogP) is 3.42. The van der Waals surface area contributed by atoms with Crippen LogP contribution in [0, 0.1) is 0 Å². The first-order valence-electron chi connectivity index (χ1n) is 8.21. The Kier molecular flexibility index (Phi) is 6.03. The number of hydrogen-bond acceptors (Lipinski definition) is 5. The number of fused-ring (bicyclic) bond motifs is 1. The minimum atomic E-state index is -0.631. The number of benzene rings is 2. The molecule has 2 aromatic rings. The molecule has 0 aliphatic carbocycles. The van der Waals surface area contributed by atoms with Crippen LogP contribution in [0.2, 0.25) is 5.02 Å². The molecule has 3 rings (SSSR count). The third kappa shape index (κ3) is 5.02. The zero-order valence-corrected chi connectivity index (χ0v) is 16.0. The molecule has 8 heteroatoms. The molecular weight excluding hydrogens is 388 g/mol. The van der Waals surface area contributed by atoms with Crippen molar-refractivity contribution in [3.8, 4) is 0 Å². The molecule has 2 N–H and O–H groups in total. The van der Waals surface area contributed by atoms with Gasteiger partial charge in [-0.25, -0.2) is 4.79 Å². The van der Waals surface area contributed by atoms with Crippen LogP contribution in [0.25, 0.3) is 0 Å². The van der Waals surface area contributed by atoms with Gasteiger partial charge in [0.1, 0.15) is 0 Å². The second-order valence-corrected chi connectivity index (χ2v) is 7.42. The molecule has 0 saturated carbocycles. The van der Waals surface area contributed by atoms with Crippen LogP contribution in [0.1, 0.15) is 28.9 Å². The Morgan fingerprint density at radius 2 is 2.11 bits per heavy atom. The van der Waals surface area contributed by atoms with Crippen LogP contribution >= 0.6 is 23.4 Å². The van der Waals surface area contributed by atoms with Crippen LogP contribution in [0.5, 0.6) is 0 Å². The Hall–Kier alpha value is -2.51. The summed E-state index contributed by atoms with van der Waals surface area (Å²) in [6.07, 6.45) is 0. The molecular formula is C19H17ClN2O4S. The van der Waals surface area contributed by atoms with E-state index in [0.717, 1.165) is 10.5 Å². The van der Waals surface area contributed by atoms with Gasteiger partial charge in [-0.1, -0.05) is 23.7 Å². The molecule has 2 aromatic carbocycles. The molecule has 1 heterocycles. The lowest BCUT2D eigenvalue weighted by Crippen LogP contribution is -2.31. The first-order valence-corrected chi connectivity index (χ1v) is 9.57. The number of ether oxygens (including phenoxy) is 1. The van der Waals surface area contributed by atoms with Crippen molar-refractivity contribution in [3.05, 3.63) is 58.6 Å². The number of anilines is 1. The van der Waals surface area contributed by atoms with Crippen molar-refractivity contribution in [1.29, 1.82) is 0 Å². The summed E-state index contributed by atoms with van der Waals surface area (Å²) < 4.78 is 5.07. The van der Waals surface area contributed by atoms with Crippen molar-refractivity contribution in [2.75, 3.05) is 17.7 Å². The maximum Gasteiger partial charge on any atom is 0.338 e. The van der Waals surface area contributed by atoms with Crippen LogP contribution in [0.4, 0.5) is 5.69 Å². The zero-order valence-electron chi connectivity index (χ0n) is 14.5. The highest BCUT2D eigenvalue weighted by molar-refractivity contribution is 8.00.